The van der Waals surface area contributed by atoms with Gasteiger partial charge in [-0.15, -0.1) is 0 Å². The Bertz CT molecular complexity index is 314. The van der Waals surface area contributed by atoms with Crippen LogP contribution in [0.2, 0.25) is 5.02 Å². The van der Waals surface area contributed by atoms with E-state index in [9.17, 15) is 0 Å². The number of rotatable bonds is 1. The minimum atomic E-state index is 0.538. The molecule has 1 aliphatic rings. The van der Waals surface area contributed by atoms with Gasteiger partial charge in [-0.2, -0.15) is 0 Å². The van der Waals surface area contributed by atoms with Gasteiger partial charge < -0.3 is 10.2 Å². The summed E-state index contributed by atoms with van der Waals surface area (Å²) in [6, 6.07) is 9.46. The van der Waals surface area contributed by atoms with Gasteiger partial charge in [0.2, 0.25) is 0 Å². The minimum absolute atomic E-state index is 0.538. The number of nitrogens with zero attached hydrogens (tertiary/aromatic N) is 1. The zero-order valence-corrected chi connectivity index (χ0v) is 9.01. The zero-order chi connectivity index (χ0) is 9.97. The summed E-state index contributed by atoms with van der Waals surface area (Å²) in [5.74, 6) is 0. The molecule has 1 heterocycles. The second-order valence-corrected chi connectivity index (χ2v) is 4.13. The standard InChI is InChI=1S/C11H14ClN2/c1-9-8-14(6-5-13-9)11-4-2-3-10(12)7-11/h2-3,7,9,13H,5-6,8H2,1H3. The Kier molecular flexibility index (Phi) is 2.94. The molecule has 2 rings (SSSR count). The first kappa shape index (κ1) is 9.81. The monoisotopic (exact) mass is 209 g/mol. The third-order valence-electron chi connectivity index (χ3n) is 2.46. The third-order valence-corrected chi connectivity index (χ3v) is 2.69. The molecule has 75 valence electrons. The number of nitrogens with one attached hydrogen (secondary N) is 1. The van der Waals surface area contributed by atoms with Gasteiger partial charge in [-0.05, 0) is 19.1 Å². The summed E-state index contributed by atoms with van der Waals surface area (Å²) in [5, 5.41) is 4.19. The van der Waals surface area contributed by atoms with Crippen LogP contribution in [0.25, 0.3) is 0 Å². The Morgan fingerprint density at radius 2 is 2.50 bits per heavy atom. The van der Waals surface area contributed by atoms with Crippen LogP contribution in [0.4, 0.5) is 5.69 Å². The summed E-state index contributed by atoms with van der Waals surface area (Å²) in [6.07, 6.45) is 0. The summed E-state index contributed by atoms with van der Waals surface area (Å²) in [7, 11) is 0. The van der Waals surface area contributed by atoms with E-state index in [1.54, 1.807) is 0 Å². The van der Waals surface area contributed by atoms with Gasteiger partial charge in [-0.25, -0.2) is 0 Å². The molecule has 2 nitrogen and oxygen atoms in total. The van der Waals surface area contributed by atoms with E-state index in [2.05, 4.69) is 23.2 Å². The van der Waals surface area contributed by atoms with Crippen LogP contribution in [0.5, 0.6) is 0 Å². The predicted octanol–water partition coefficient (Wildman–Crippen LogP) is 1.94. The smallest absolute Gasteiger partial charge is 0.0462 e. The molecule has 1 N–H and O–H groups in total. The van der Waals surface area contributed by atoms with Crippen molar-refractivity contribution in [2.45, 2.75) is 13.0 Å². The van der Waals surface area contributed by atoms with Crippen molar-refractivity contribution in [1.29, 1.82) is 0 Å². The van der Waals surface area contributed by atoms with E-state index in [1.165, 1.54) is 0 Å². The van der Waals surface area contributed by atoms with Crippen LogP contribution in [0, 0.1) is 6.07 Å². The highest BCUT2D eigenvalue weighted by Crippen LogP contribution is 2.19. The molecular formula is C11H14ClN2. The lowest BCUT2D eigenvalue weighted by molar-refractivity contribution is 0.485. The molecule has 1 atom stereocenters. The molecule has 1 radical (unpaired) electrons. The van der Waals surface area contributed by atoms with E-state index in [1.807, 2.05) is 18.2 Å². The van der Waals surface area contributed by atoms with Gasteiger partial charge in [-0.1, -0.05) is 17.7 Å². The maximum absolute atomic E-state index is 5.94. The normalized spacial score (nSPS) is 22.4. The molecule has 1 aromatic rings. The van der Waals surface area contributed by atoms with E-state index in [4.69, 9.17) is 11.6 Å². The fourth-order valence-corrected chi connectivity index (χ4v) is 1.93. The molecule has 0 aromatic heterocycles. The third kappa shape index (κ3) is 2.20. The highest BCUT2D eigenvalue weighted by Gasteiger charge is 2.15. The second-order valence-electron chi connectivity index (χ2n) is 3.69. The van der Waals surface area contributed by atoms with Crippen LogP contribution in [0.15, 0.2) is 18.2 Å². The molecule has 0 spiro atoms. The molecule has 0 saturated carbocycles. The SMILES string of the molecule is CC1CN(c2[c]ccc(Cl)c2)CCN1. The Morgan fingerprint density at radius 3 is 3.21 bits per heavy atom. The number of piperazine rings is 1. The van der Waals surface area contributed by atoms with E-state index in [0.29, 0.717) is 6.04 Å². The minimum Gasteiger partial charge on any atom is -0.368 e. The largest absolute Gasteiger partial charge is 0.368 e. The van der Waals surface area contributed by atoms with Crippen LogP contribution in [0.3, 0.4) is 0 Å². The van der Waals surface area contributed by atoms with E-state index >= 15 is 0 Å². The van der Waals surface area contributed by atoms with Crippen LogP contribution < -0.4 is 10.2 Å². The van der Waals surface area contributed by atoms with Crippen molar-refractivity contribution in [3.05, 3.63) is 29.3 Å². The Labute approximate surface area is 89.9 Å². The Hall–Kier alpha value is -0.730. The van der Waals surface area contributed by atoms with Gasteiger partial charge in [-0.3, -0.25) is 0 Å². The molecular weight excluding hydrogens is 196 g/mol. The number of hydrogen-bond donors (Lipinski definition) is 1. The molecule has 1 saturated heterocycles. The van der Waals surface area contributed by atoms with Gasteiger partial charge in [0.1, 0.15) is 0 Å². The highest BCUT2D eigenvalue weighted by atomic mass is 35.5. The van der Waals surface area contributed by atoms with Crippen molar-refractivity contribution >= 4 is 17.3 Å². The second kappa shape index (κ2) is 4.20. The van der Waals surface area contributed by atoms with E-state index in [0.717, 1.165) is 30.3 Å². The summed E-state index contributed by atoms with van der Waals surface area (Å²) in [4.78, 5) is 2.31. The van der Waals surface area contributed by atoms with Gasteiger partial charge >= 0.3 is 0 Å². The first-order valence-electron chi connectivity index (χ1n) is 4.91. The predicted molar refractivity (Wildman–Crippen MR) is 60.0 cm³/mol. The lowest BCUT2D eigenvalue weighted by atomic mass is 10.2. The summed E-state index contributed by atoms with van der Waals surface area (Å²) in [6.45, 7) is 5.27. The van der Waals surface area contributed by atoms with Gasteiger partial charge in [0.15, 0.2) is 0 Å². The van der Waals surface area contributed by atoms with Crippen LogP contribution in [-0.4, -0.2) is 25.7 Å². The molecule has 3 heteroatoms. The van der Waals surface area contributed by atoms with Crippen molar-refractivity contribution in [3.63, 3.8) is 0 Å². The number of anilines is 1. The quantitative estimate of drug-likeness (QED) is 0.761. The van der Waals surface area contributed by atoms with Crippen molar-refractivity contribution in [1.82, 2.24) is 5.32 Å². The molecule has 0 aliphatic carbocycles. The Morgan fingerprint density at radius 1 is 1.64 bits per heavy atom. The molecule has 1 aromatic carbocycles. The van der Waals surface area contributed by atoms with Gasteiger partial charge in [0.05, 0.1) is 0 Å². The van der Waals surface area contributed by atoms with Gasteiger partial charge in [0.25, 0.3) is 0 Å². The molecule has 1 aliphatic heterocycles. The van der Waals surface area contributed by atoms with Crippen molar-refractivity contribution in [2.75, 3.05) is 24.5 Å². The average molecular weight is 210 g/mol. The lowest BCUT2D eigenvalue weighted by Crippen LogP contribution is -2.49. The van der Waals surface area contributed by atoms with Gasteiger partial charge in [0, 0.05) is 42.5 Å². The van der Waals surface area contributed by atoms with Crippen molar-refractivity contribution < 1.29 is 0 Å². The van der Waals surface area contributed by atoms with Crippen molar-refractivity contribution in [2.24, 2.45) is 0 Å². The van der Waals surface area contributed by atoms with E-state index < -0.39 is 0 Å². The molecule has 0 bridgehead atoms. The average Bonchev–Trinajstić information content (AvgIpc) is 2.18. The van der Waals surface area contributed by atoms with Crippen LogP contribution >= 0.6 is 11.6 Å². The highest BCUT2D eigenvalue weighted by molar-refractivity contribution is 6.30. The summed E-state index contributed by atoms with van der Waals surface area (Å²) in [5.41, 5.74) is 1.10. The van der Waals surface area contributed by atoms with E-state index in [-0.39, 0.29) is 0 Å². The first-order chi connectivity index (χ1) is 6.75. The topological polar surface area (TPSA) is 15.3 Å². The fourth-order valence-electron chi connectivity index (χ4n) is 1.76. The van der Waals surface area contributed by atoms with Crippen molar-refractivity contribution in [3.8, 4) is 0 Å². The van der Waals surface area contributed by atoms with Crippen LogP contribution in [-0.2, 0) is 0 Å². The molecule has 0 amide bonds. The maximum Gasteiger partial charge on any atom is 0.0462 e. The number of benzene rings is 1. The first-order valence-corrected chi connectivity index (χ1v) is 5.29. The molecule has 1 fully saturated rings. The molecule has 1 unspecified atom stereocenters. The summed E-state index contributed by atoms with van der Waals surface area (Å²) >= 11 is 5.94. The fraction of sp³-hybridized carbons (Fsp3) is 0.455. The van der Waals surface area contributed by atoms with Crippen LogP contribution in [0.1, 0.15) is 6.92 Å². The molecule has 14 heavy (non-hydrogen) atoms. The maximum atomic E-state index is 5.94. The number of halogens is 1. The Balaban J connectivity index is 2.14. The zero-order valence-electron chi connectivity index (χ0n) is 8.26. The summed E-state index contributed by atoms with van der Waals surface area (Å²) < 4.78 is 0. The lowest BCUT2D eigenvalue weighted by Gasteiger charge is -2.33. The number of hydrogen-bond acceptors (Lipinski definition) is 2.